The largest absolute Gasteiger partial charge is 0.428 e. The van der Waals surface area contributed by atoms with Gasteiger partial charge in [-0.15, -0.1) is 12.4 Å². The molecule has 0 atom stereocenters. The summed E-state index contributed by atoms with van der Waals surface area (Å²) in [4.78, 5) is 22.4. The van der Waals surface area contributed by atoms with Crippen LogP contribution in [0.15, 0.2) is 24.3 Å². The maximum Gasteiger partial charge on any atom is 0.341 e. The van der Waals surface area contributed by atoms with Crippen molar-refractivity contribution in [2.24, 2.45) is 0 Å². The Morgan fingerprint density at radius 1 is 1.17 bits per heavy atom. The lowest BCUT2D eigenvalue weighted by molar-refractivity contribution is -0.152. The van der Waals surface area contributed by atoms with Crippen LogP contribution < -0.4 is 5.73 Å². The lowest BCUT2D eigenvalue weighted by atomic mass is 10.2. The second kappa shape index (κ2) is 8.36. The van der Waals surface area contributed by atoms with E-state index in [1.165, 1.54) is 0 Å². The number of nitrogen functional groups attached to an aromatic ring is 1. The van der Waals surface area contributed by atoms with E-state index in [2.05, 4.69) is 0 Å². The van der Waals surface area contributed by atoms with Crippen molar-refractivity contribution < 1.29 is 19.1 Å². The molecule has 0 heterocycles. The van der Waals surface area contributed by atoms with Crippen LogP contribution in [-0.4, -0.2) is 18.7 Å². The molecule has 5 nitrogen and oxygen atoms in total. The molecular formula is C12H16ClNO4. The first-order valence-corrected chi connectivity index (χ1v) is 5.31. The van der Waals surface area contributed by atoms with Gasteiger partial charge in [0.2, 0.25) is 6.79 Å². The highest BCUT2D eigenvalue weighted by Gasteiger charge is 2.07. The molecule has 1 aromatic carbocycles. The first kappa shape index (κ1) is 16.2. The highest BCUT2D eigenvalue weighted by molar-refractivity contribution is 5.89. The van der Waals surface area contributed by atoms with E-state index in [0.29, 0.717) is 24.1 Å². The van der Waals surface area contributed by atoms with E-state index >= 15 is 0 Å². The average molecular weight is 274 g/mol. The number of hydrogen-bond donors (Lipinski definition) is 1. The van der Waals surface area contributed by atoms with Gasteiger partial charge in [-0.2, -0.15) is 0 Å². The number of halogens is 1. The minimum absolute atomic E-state index is 0. The van der Waals surface area contributed by atoms with Gasteiger partial charge in [0, 0.05) is 12.1 Å². The van der Waals surface area contributed by atoms with Crippen molar-refractivity contribution in [1.82, 2.24) is 0 Å². The van der Waals surface area contributed by atoms with Gasteiger partial charge in [-0.25, -0.2) is 4.79 Å². The Morgan fingerprint density at radius 2 is 1.78 bits per heavy atom. The van der Waals surface area contributed by atoms with Gasteiger partial charge in [0.05, 0.1) is 5.56 Å². The predicted octanol–water partition coefficient (Wildman–Crippen LogP) is 2.15. The third-order valence-corrected chi connectivity index (χ3v) is 2.01. The number of ether oxygens (including phenoxy) is 2. The summed E-state index contributed by atoms with van der Waals surface area (Å²) in [6.45, 7) is 1.50. The zero-order valence-electron chi connectivity index (χ0n) is 10.0. The summed E-state index contributed by atoms with van der Waals surface area (Å²) >= 11 is 0. The maximum atomic E-state index is 11.4. The Kier molecular flexibility index (Phi) is 7.54. The number of esters is 2. The van der Waals surface area contributed by atoms with E-state index in [1.807, 2.05) is 6.92 Å². The predicted molar refractivity (Wildman–Crippen MR) is 69.4 cm³/mol. The summed E-state index contributed by atoms with van der Waals surface area (Å²) in [6.07, 6.45) is 1.02. The molecule has 0 spiro atoms. The first-order valence-electron chi connectivity index (χ1n) is 5.31. The Bertz CT molecular complexity index is 392. The molecule has 0 fully saturated rings. The van der Waals surface area contributed by atoms with Crippen LogP contribution in [0, 0.1) is 0 Å². The summed E-state index contributed by atoms with van der Waals surface area (Å²) in [7, 11) is 0. The molecule has 0 unspecified atom stereocenters. The van der Waals surface area contributed by atoms with Gasteiger partial charge in [-0.1, -0.05) is 6.92 Å². The van der Waals surface area contributed by atoms with Gasteiger partial charge in [0.25, 0.3) is 0 Å². The molecule has 0 amide bonds. The van der Waals surface area contributed by atoms with Crippen LogP contribution in [-0.2, 0) is 14.3 Å². The van der Waals surface area contributed by atoms with E-state index < -0.39 is 5.97 Å². The van der Waals surface area contributed by atoms with Gasteiger partial charge < -0.3 is 15.2 Å². The van der Waals surface area contributed by atoms with E-state index in [-0.39, 0.29) is 25.2 Å². The zero-order valence-corrected chi connectivity index (χ0v) is 10.9. The van der Waals surface area contributed by atoms with Crippen LogP contribution in [0.25, 0.3) is 0 Å². The van der Waals surface area contributed by atoms with Gasteiger partial charge in [-0.05, 0) is 30.7 Å². The molecule has 6 heteroatoms. The first-order chi connectivity index (χ1) is 8.13. The standard InChI is InChI=1S/C12H15NO4.ClH/c1-2-3-11(14)16-8-17-12(15)9-4-6-10(13)7-5-9;/h4-7H,2-3,8,13H2,1H3;1H. The van der Waals surface area contributed by atoms with Gasteiger partial charge in [0.15, 0.2) is 0 Å². The molecule has 0 bridgehead atoms. The van der Waals surface area contributed by atoms with Crippen LogP contribution in [0.3, 0.4) is 0 Å². The van der Waals surface area contributed by atoms with Crippen molar-refractivity contribution in [2.75, 3.05) is 12.5 Å². The molecule has 0 aromatic heterocycles. The minimum atomic E-state index is -0.547. The topological polar surface area (TPSA) is 78.6 Å². The molecule has 1 aromatic rings. The average Bonchev–Trinajstić information content (AvgIpc) is 2.30. The van der Waals surface area contributed by atoms with E-state index in [1.54, 1.807) is 24.3 Å². The Balaban J connectivity index is 0.00000289. The summed E-state index contributed by atoms with van der Waals surface area (Å²) < 4.78 is 9.45. The molecule has 1 rings (SSSR count). The fourth-order valence-corrected chi connectivity index (χ4v) is 1.13. The number of hydrogen-bond acceptors (Lipinski definition) is 5. The van der Waals surface area contributed by atoms with E-state index in [9.17, 15) is 9.59 Å². The Labute approximate surface area is 112 Å². The van der Waals surface area contributed by atoms with Crippen molar-refractivity contribution in [2.45, 2.75) is 19.8 Å². The number of benzene rings is 1. The van der Waals surface area contributed by atoms with Gasteiger partial charge in [-0.3, -0.25) is 4.79 Å². The molecule has 0 aliphatic heterocycles. The lowest BCUT2D eigenvalue weighted by Crippen LogP contribution is -2.12. The lowest BCUT2D eigenvalue weighted by Gasteiger charge is -2.05. The highest BCUT2D eigenvalue weighted by atomic mass is 35.5. The third-order valence-electron chi connectivity index (χ3n) is 2.01. The molecule has 0 aliphatic carbocycles. The van der Waals surface area contributed by atoms with Crippen molar-refractivity contribution in [3.05, 3.63) is 29.8 Å². The van der Waals surface area contributed by atoms with Crippen molar-refractivity contribution in [1.29, 1.82) is 0 Å². The Hall–Kier alpha value is -1.75. The van der Waals surface area contributed by atoms with Crippen molar-refractivity contribution in [3.63, 3.8) is 0 Å². The summed E-state index contributed by atoms with van der Waals surface area (Å²) in [6, 6.07) is 6.29. The van der Waals surface area contributed by atoms with Crippen LogP contribution in [0.1, 0.15) is 30.1 Å². The number of nitrogens with two attached hydrogens (primary N) is 1. The van der Waals surface area contributed by atoms with Crippen LogP contribution in [0.5, 0.6) is 0 Å². The molecule has 18 heavy (non-hydrogen) atoms. The number of carbonyl (C=O) groups is 2. The minimum Gasteiger partial charge on any atom is -0.428 e. The van der Waals surface area contributed by atoms with Crippen molar-refractivity contribution in [3.8, 4) is 0 Å². The Morgan fingerprint density at radius 3 is 2.33 bits per heavy atom. The molecule has 0 saturated carbocycles. The fourth-order valence-electron chi connectivity index (χ4n) is 1.13. The SMILES string of the molecule is CCCC(=O)OCOC(=O)c1ccc(N)cc1.Cl. The quantitative estimate of drug-likeness (QED) is 0.505. The fraction of sp³-hybridized carbons (Fsp3) is 0.333. The highest BCUT2D eigenvalue weighted by Crippen LogP contribution is 2.06. The van der Waals surface area contributed by atoms with Gasteiger partial charge in [0.1, 0.15) is 0 Å². The zero-order chi connectivity index (χ0) is 12.7. The number of rotatable bonds is 5. The smallest absolute Gasteiger partial charge is 0.341 e. The summed E-state index contributed by atoms with van der Waals surface area (Å²) in [5.74, 6) is -0.924. The normalized spacial score (nSPS) is 9.17. The molecule has 0 saturated heterocycles. The third kappa shape index (κ3) is 5.54. The van der Waals surface area contributed by atoms with Crippen LogP contribution in [0.4, 0.5) is 5.69 Å². The molecule has 0 aliphatic rings. The maximum absolute atomic E-state index is 11.4. The molecule has 100 valence electrons. The number of anilines is 1. The summed E-state index contributed by atoms with van der Waals surface area (Å²) in [5.41, 5.74) is 6.41. The van der Waals surface area contributed by atoms with E-state index in [4.69, 9.17) is 15.2 Å². The van der Waals surface area contributed by atoms with E-state index in [0.717, 1.165) is 0 Å². The second-order valence-electron chi connectivity index (χ2n) is 3.44. The second-order valence-corrected chi connectivity index (χ2v) is 3.44. The van der Waals surface area contributed by atoms with Crippen LogP contribution in [0.2, 0.25) is 0 Å². The summed E-state index contributed by atoms with van der Waals surface area (Å²) in [5, 5.41) is 0. The number of carbonyl (C=O) groups excluding carboxylic acids is 2. The van der Waals surface area contributed by atoms with Crippen LogP contribution >= 0.6 is 12.4 Å². The van der Waals surface area contributed by atoms with Gasteiger partial charge >= 0.3 is 11.9 Å². The monoisotopic (exact) mass is 273 g/mol. The molecule has 0 radical (unpaired) electrons. The molecule has 2 N–H and O–H groups in total. The molecular weight excluding hydrogens is 258 g/mol. The van der Waals surface area contributed by atoms with Crippen molar-refractivity contribution >= 4 is 30.0 Å².